The molecule has 30 heavy (non-hydrogen) atoms. The number of aromatic hydroxyl groups is 1. The van der Waals surface area contributed by atoms with E-state index in [4.69, 9.17) is 11.6 Å². The number of nitrogens with zero attached hydrogens (tertiary/aromatic N) is 2. The standard InChI is InChI=1S/C21H17ClF3N3O2/c22-16-9-12(1-6-18(16)29)10-28-8-7-17-15(11-28)20(30)27-19(26-17)13-2-4-14(5-3-13)21(23,24)25/h1-6,9,29H,7-8,10-11H2,(H,26,27,30). The van der Waals surface area contributed by atoms with E-state index in [1.54, 1.807) is 12.1 Å². The number of rotatable bonds is 3. The molecule has 5 nitrogen and oxygen atoms in total. The fourth-order valence-corrected chi connectivity index (χ4v) is 3.68. The van der Waals surface area contributed by atoms with Gasteiger partial charge < -0.3 is 10.1 Å². The van der Waals surface area contributed by atoms with Gasteiger partial charge in [-0.3, -0.25) is 9.69 Å². The summed E-state index contributed by atoms with van der Waals surface area (Å²) in [5, 5.41) is 9.81. The van der Waals surface area contributed by atoms with Gasteiger partial charge in [-0.15, -0.1) is 0 Å². The van der Waals surface area contributed by atoms with Crippen LogP contribution in [-0.2, 0) is 25.7 Å². The molecule has 2 N–H and O–H groups in total. The van der Waals surface area contributed by atoms with Crippen molar-refractivity contribution < 1.29 is 18.3 Å². The van der Waals surface area contributed by atoms with E-state index in [1.165, 1.54) is 18.2 Å². The van der Waals surface area contributed by atoms with Gasteiger partial charge in [0.1, 0.15) is 11.6 Å². The number of H-pyrrole nitrogens is 1. The van der Waals surface area contributed by atoms with Gasteiger partial charge in [0.15, 0.2) is 0 Å². The first kappa shape index (κ1) is 20.4. The molecule has 0 fully saturated rings. The summed E-state index contributed by atoms with van der Waals surface area (Å²) < 4.78 is 38.2. The zero-order chi connectivity index (χ0) is 21.5. The molecule has 1 aliphatic heterocycles. The second kappa shape index (κ2) is 7.77. The lowest BCUT2D eigenvalue weighted by molar-refractivity contribution is -0.137. The van der Waals surface area contributed by atoms with Gasteiger partial charge in [-0.1, -0.05) is 29.8 Å². The van der Waals surface area contributed by atoms with Crippen molar-refractivity contribution in [1.29, 1.82) is 0 Å². The van der Waals surface area contributed by atoms with Crippen LogP contribution in [0.4, 0.5) is 13.2 Å². The molecular formula is C21H17ClF3N3O2. The third kappa shape index (κ3) is 4.20. The Balaban J connectivity index is 1.55. The number of aromatic nitrogens is 2. The summed E-state index contributed by atoms with van der Waals surface area (Å²) in [4.78, 5) is 21.9. The molecule has 0 saturated heterocycles. The maximum Gasteiger partial charge on any atom is 0.416 e. The third-order valence-electron chi connectivity index (χ3n) is 5.05. The van der Waals surface area contributed by atoms with E-state index in [0.717, 1.165) is 17.7 Å². The first-order valence-electron chi connectivity index (χ1n) is 9.20. The second-order valence-corrected chi connectivity index (χ2v) is 7.57. The van der Waals surface area contributed by atoms with Crippen molar-refractivity contribution in [2.45, 2.75) is 25.7 Å². The van der Waals surface area contributed by atoms with E-state index >= 15 is 0 Å². The average Bonchev–Trinajstić information content (AvgIpc) is 2.70. The Morgan fingerprint density at radius 2 is 1.90 bits per heavy atom. The summed E-state index contributed by atoms with van der Waals surface area (Å²) in [6, 6.07) is 9.53. The molecule has 0 saturated carbocycles. The van der Waals surface area contributed by atoms with Crippen LogP contribution >= 0.6 is 11.6 Å². The monoisotopic (exact) mass is 435 g/mol. The predicted molar refractivity (Wildman–Crippen MR) is 106 cm³/mol. The molecule has 2 heterocycles. The zero-order valence-corrected chi connectivity index (χ0v) is 16.4. The highest BCUT2D eigenvalue weighted by Gasteiger charge is 2.30. The van der Waals surface area contributed by atoms with Crippen LogP contribution in [0.25, 0.3) is 11.4 Å². The van der Waals surface area contributed by atoms with Crippen molar-refractivity contribution in [2.24, 2.45) is 0 Å². The maximum atomic E-state index is 12.7. The number of phenolic OH excluding ortho intramolecular Hbond substituents is 1. The molecule has 0 radical (unpaired) electrons. The van der Waals surface area contributed by atoms with Crippen molar-refractivity contribution in [1.82, 2.24) is 14.9 Å². The lowest BCUT2D eigenvalue weighted by Crippen LogP contribution is -2.35. The van der Waals surface area contributed by atoms with Crippen molar-refractivity contribution >= 4 is 11.6 Å². The van der Waals surface area contributed by atoms with Gasteiger partial charge in [0.05, 0.1) is 21.8 Å². The molecule has 1 aliphatic rings. The Kier molecular flexibility index (Phi) is 5.29. The fraction of sp³-hybridized carbons (Fsp3) is 0.238. The van der Waals surface area contributed by atoms with E-state index in [-0.39, 0.29) is 22.2 Å². The number of hydrogen-bond acceptors (Lipinski definition) is 4. The van der Waals surface area contributed by atoms with E-state index in [2.05, 4.69) is 14.9 Å². The van der Waals surface area contributed by atoms with Gasteiger partial charge in [-0.25, -0.2) is 4.98 Å². The van der Waals surface area contributed by atoms with Crippen molar-refractivity contribution in [3.8, 4) is 17.1 Å². The van der Waals surface area contributed by atoms with Crippen LogP contribution in [0, 0.1) is 0 Å². The Labute approximate surface area is 174 Å². The van der Waals surface area contributed by atoms with Gasteiger partial charge in [-0.2, -0.15) is 13.2 Å². The second-order valence-electron chi connectivity index (χ2n) is 7.16. The van der Waals surface area contributed by atoms with Crippen molar-refractivity contribution in [3.63, 3.8) is 0 Å². The minimum absolute atomic E-state index is 0.0147. The summed E-state index contributed by atoms with van der Waals surface area (Å²) in [6.07, 6.45) is -3.88. The number of alkyl halides is 3. The predicted octanol–water partition coefficient (Wildman–Crippen LogP) is 4.37. The third-order valence-corrected chi connectivity index (χ3v) is 5.35. The minimum atomic E-state index is -4.42. The van der Waals surface area contributed by atoms with Crippen LogP contribution in [0.3, 0.4) is 0 Å². The summed E-state index contributed by atoms with van der Waals surface area (Å²) in [5.41, 5.74) is 1.46. The fourth-order valence-electron chi connectivity index (χ4n) is 3.48. The van der Waals surface area contributed by atoms with Crippen molar-refractivity contribution in [2.75, 3.05) is 6.54 Å². The highest BCUT2D eigenvalue weighted by molar-refractivity contribution is 6.32. The van der Waals surface area contributed by atoms with Crippen molar-refractivity contribution in [3.05, 3.63) is 80.2 Å². The minimum Gasteiger partial charge on any atom is -0.506 e. The number of hydrogen-bond donors (Lipinski definition) is 2. The van der Waals surface area contributed by atoms with E-state index < -0.39 is 11.7 Å². The van der Waals surface area contributed by atoms with Gasteiger partial charge in [0.25, 0.3) is 5.56 Å². The Morgan fingerprint density at radius 3 is 2.57 bits per heavy atom. The topological polar surface area (TPSA) is 69.2 Å². The highest BCUT2D eigenvalue weighted by atomic mass is 35.5. The lowest BCUT2D eigenvalue weighted by Gasteiger charge is -2.27. The first-order chi connectivity index (χ1) is 14.2. The Morgan fingerprint density at radius 1 is 1.17 bits per heavy atom. The number of nitrogens with one attached hydrogen (secondary N) is 1. The molecular weight excluding hydrogens is 419 g/mol. The van der Waals surface area contributed by atoms with Crippen LogP contribution in [0.15, 0.2) is 47.3 Å². The van der Waals surface area contributed by atoms with Gasteiger partial charge in [0, 0.05) is 31.6 Å². The van der Waals surface area contributed by atoms with Crippen LogP contribution in [0.1, 0.15) is 22.4 Å². The van der Waals surface area contributed by atoms with Crippen LogP contribution in [0.2, 0.25) is 5.02 Å². The van der Waals surface area contributed by atoms with E-state index in [1.807, 2.05) is 0 Å². The zero-order valence-electron chi connectivity index (χ0n) is 15.6. The number of fused-ring (bicyclic) bond motifs is 1. The molecule has 0 atom stereocenters. The largest absolute Gasteiger partial charge is 0.506 e. The van der Waals surface area contributed by atoms with Gasteiger partial charge in [0.2, 0.25) is 0 Å². The molecule has 3 aromatic rings. The molecule has 0 spiro atoms. The quantitative estimate of drug-likeness (QED) is 0.641. The molecule has 2 aromatic carbocycles. The van der Waals surface area contributed by atoms with Gasteiger partial charge in [-0.05, 0) is 29.8 Å². The first-order valence-corrected chi connectivity index (χ1v) is 9.58. The molecule has 4 rings (SSSR count). The molecule has 9 heteroatoms. The van der Waals surface area contributed by atoms with E-state index in [9.17, 15) is 23.1 Å². The molecule has 0 amide bonds. The number of halogens is 4. The molecule has 0 unspecified atom stereocenters. The summed E-state index contributed by atoms with van der Waals surface area (Å²) in [6.45, 7) is 1.61. The normalized spacial score (nSPS) is 14.5. The summed E-state index contributed by atoms with van der Waals surface area (Å²) in [5.74, 6) is 0.270. The van der Waals surface area contributed by atoms with Gasteiger partial charge >= 0.3 is 6.18 Å². The Hall–Kier alpha value is -2.84. The molecule has 156 valence electrons. The van der Waals surface area contributed by atoms with Crippen LogP contribution in [-0.4, -0.2) is 26.5 Å². The SMILES string of the molecule is O=c1[nH]c(-c2ccc(C(F)(F)F)cc2)nc2c1CN(Cc1ccc(O)c(Cl)c1)CC2. The maximum absolute atomic E-state index is 12.7. The highest BCUT2D eigenvalue weighted by Crippen LogP contribution is 2.30. The molecule has 1 aromatic heterocycles. The lowest BCUT2D eigenvalue weighted by atomic mass is 10.0. The van der Waals surface area contributed by atoms with Crippen LogP contribution < -0.4 is 5.56 Å². The smallest absolute Gasteiger partial charge is 0.416 e. The number of aromatic amines is 1. The number of phenols is 1. The number of benzene rings is 2. The molecule has 0 bridgehead atoms. The van der Waals surface area contributed by atoms with E-state index in [0.29, 0.717) is 42.9 Å². The average molecular weight is 436 g/mol. The summed E-state index contributed by atoms with van der Waals surface area (Å²) >= 11 is 5.95. The Bertz CT molecular complexity index is 1140. The van der Waals surface area contributed by atoms with Crippen LogP contribution in [0.5, 0.6) is 5.75 Å². The summed E-state index contributed by atoms with van der Waals surface area (Å²) in [7, 11) is 0. The molecule has 0 aliphatic carbocycles.